The van der Waals surface area contributed by atoms with Crippen molar-refractivity contribution in [3.8, 4) is 11.4 Å². The number of pyridine rings is 1. The average molecular weight is 363 g/mol. The normalized spacial score (nSPS) is 14.0. The van der Waals surface area contributed by atoms with Crippen molar-refractivity contribution >= 4 is 27.2 Å². The van der Waals surface area contributed by atoms with E-state index in [0.29, 0.717) is 18.0 Å². The molecule has 0 saturated heterocycles. The van der Waals surface area contributed by atoms with Gasteiger partial charge in [0.25, 0.3) is 0 Å². The molecule has 0 aliphatic heterocycles. The van der Waals surface area contributed by atoms with E-state index < -0.39 is 0 Å². The lowest BCUT2D eigenvalue weighted by atomic mass is 9.97. The van der Waals surface area contributed by atoms with E-state index in [1.807, 2.05) is 12.1 Å². The van der Waals surface area contributed by atoms with Crippen LogP contribution >= 0.6 is 11.3 Å². The van der Waals surface area contributed by atoms with Crippen molar-refractivity contribution in [3.05, 3.63) is 58.1 Å². The van der Waals surface area contributed by atoms with Crippen molar-refractivity contribution < 1.29 is 0 Å². The Balaban J connectivity index is 1.91. The van der Waals surface area contributed by atoms with Crippen molar-refractivity contribution in [1.29, 1.82) is 0 Å². The summed E-state index contributed by atoms with van der Waals surface area (Å²) in [6.45, 7) is 4.28. The monoisotopic (exact) mass is 363 g/mol. The molecule has 4 aromatic rings. The molecule has 0 fully saturated rings. The number of hydrogen-bond donors (Lipinski definition) is 0. The van der Waals surface area contributed by atoms with E-state index in [1.165, 1.54) is 27.8 Å². The molecule has 6 nitrogen and oxygen atoms in total. The van der Waals surface area contributed by atoms with Gasteiger partial charge in [-0.3, -0.25) is 9.55 Å². The zero-order valence-electron chi connectivity index (χ0n) is 14.2. The molecular formula is C19H17N5OS. The van der Waals surface area contributed by atoms with Gasteiger partial charge in [0.15, 0.2) is 11.5 Å². The van der Waals surface area contributed by atoms with Crippen molar-refractivity contribution in [2.75, 3.05) is 0 Å². The highest BCUT2D eigenvalue weighted by atomic mass is 32.1. The summed E-state index contributed by atoms with van der Waals surface area (Å²) in [4.78, 5) is 24.2. The molecule has 0 spiro atoms. The minimum absolute atomic E-state index is 0.168. The first kappa shape index (κ1) is 15.5. The minimum atomic E-state index is -0.168. The Labute approximate surface area is 153 Å². The molecule has 26 heavy (non-hydrogen) atoms. The number of allylic oxidation sites excluding steroid dienone is 1. The van der Waals surface area contributed by atoms with E-state index in [-0.39, 0.29) is 5.69 Å². The largest absolute Gasteiger partial charge is 0.352 e. The lowest BCUT2D eigenvalue weighted by Gasteiger charge is -2.10. The molecule has 0 atom stereocenters. The second-order valence-electron chi connectivity index (χ2n) is 6.48. The summed E-state index contributed by atoms with van der Waals surface area (Å²) in [7, 11) is 0. The number of rotatable bonds is 3. The molecule has 0 unspecified atom stereocenters. The zero-order valence-corrected chi connectivity index (χ0v) is 15.0. The molecule has 0 aromatic carbocycles. The molecule has 0 N–H and O–H groups in total. The summed E-state index contributed by atoms with van der Waals surface area (Å²) in [5.41, 5.74) is 2.69. The van der Waals surface area contributed by atoms with E-state index in [1.54, 1.807) is 34.4 Å². The Morgan fingerprint density at radius 2 is 2.04 bits per heavy atom. The van der Waals surface area contributed by atoms with Crippen molar-refractivity contribution in [2.45, 2.75) is 32.2 Å². The third-order valence-corrected chi connectivity index (χ3v) is 6.21. The fraction of sp³-hybridized carbons (Fsp3) is 0.263. The summed E-state index contributed by atoms with van der Waals surface area (Å²) < 4.78 is 3.21. The third kappa shape index (κ3) is 2.17. The third-order valence-electron chi connectivity index (χ3n) is 4.89. The quantitative estimate of drug-likeness (QED) is 0.524. The molecule has 1 aliphatic carbocycles. The van der Waals surface area contributed by atoms with Gasteiger partial charge in [0.1, 0.15) is 4.83 Å². The topological polar surface area (TPSA) is 65.1 Å². The van der Waals surface area contributed by atoms with E-state index in [0.717, 1.165) is 28.6 Å². The standard InChI is InChI=1S/C19H17N5OS/c1-2-11-23-18-15(13-5-3-4-6-14(13)26-18)17-21-16(22-24(17)19(23)25)12-7-9-20-10-8-12/h2,7-10H,1,3-6,11H2. The van der Waals surface area contributed by atoms with Crippen LogP contribution in [-0.2, 0) is 19.4 Å². The highest BCUT2D eigenvalue weighted by molar-refractivity contribution is 7.19. The minimum Gasteiger partial charge on any atom is -0.279 e. The Morgan fingerprint density at radius 1 is 1.23 bits per heavy atom. The van der Waals surface area contributed by atoms with Gasteiger partial charge in [0.05, 0.1) is 5.39 Å². The van der Waals surface area contributed by atoms with Gasteiger partial charge >= 0.3 is 5.69 Å². The molecule has 0 saturated carbocycles. The van der Waals surface area contributed by atoms with E-state index >= 15 is 0 Å². The van der Waals surface area contributed by atoms with Gasteiger partial charge in [-0.25, -0.2) is 9.78 Å². The number of fused-ring (bicyclic) bond motifs is 5. The fourth-order valence-electron chi connectivity index (χ4n) is 3.69. The second kappa shape index (κ2) is 5.88. The summed E-state index contributed by atoms with van der Waals surface area (Å²) in [6, 6.07) is 3.72. The Morgan fingerprint density at radius 3 is 2.85 bits per heavy atom. The molecule has 0 radical (unpaired) electrons. The van der Waals surface area contributed by atoms with Crippen LogP contribution in [0, 0.1) is 0 Å². The number of aryl methyl sites for hydroxylation is 2. The second-order valence-corrected chi connectivity index (χ2v) is 7.56. The fourth-order valence-corrected chi connectivity index (χ4v) is 5.08. The Bertz CT molecular complexity index is 1200. The maximum absolute atomic E-state index is 13.1. The number of thiophene rings is 1. The molecule has 0 amide bonds. The SMILES string of the molecule is C=CCn1c(=O)n2nc(-c3ccncc3)nc2c2c3c(sc21)CCCC3. The van der Waals surface area contributed by atoms with E-state index in [9.17, 15) is 4.79 Å². The van der Waals surface area contributed by atoms with Crippen LogP contribution in [0.3, 0.4) is 0 Å². The predicted molar refractivity (Wildman–Crippen MR) is 103 cm³/mol. The van der Waals surface area contributed by atoms with Crippen LogP contribution in [0.5, 0.6) is 0 Å². The van der Waals surface area contributed by atoms with Gasteiger partial charge in [0.2, 0.25) is 0 Å². The molecule has 4 aromatic heterocycles. The number of hydrogen-bond acceptors (Lipinski definition) is 5. The average Bonchev–Trinajstić information content (AvgIpc) is 3.27. The van der Waals surface area contributed by atoms with Gasteiger partial charge in [-0.05, 0) is 43.4 Å². The lowest BCUT2D eigenvalue weighted by Crippen LogP contribution is -2.27. The Hall–Kier alpha value is -2.80. The first-order chi connectivity index (χ1) is 12.8. The molecule has 7 heteroatoms. The highest BCUT2D eigenvalue weighted by Gasteiger charge is 2.24. The lowest BCUT2D eigenvalue weighted by molar-refractivity contribution is 0.699. The van der Waals surface area contributed by atoms with Crippen LogP contribution in [0.2, 0.25) is 0 Å². The molecule has 5 rings (SSSR count). The van der Waals surface area contributed by atoms with Crippen LogP contribution in [0.4, 0.5) is 0 Å². The van der Waals surface area contributed by atoms with Gasteiger partial charge in [-0.15, -0.1) is 23.0 Å². The molecule has 1 aliphatic rings. The van der Waals surface area contributed by atoms with Crippen molar-refractivity contribution in [2.24, 2.45) is 0 Å². The number of aromatic nitrogens is 5. The van der Waals surface area contributed by atoms with Gasteiger partial charge in [0, 0.05) is 29.4 Å². The first-order valence-corrected chi connectivity index (χ1v) is 9.54. The van der Waals surface area contributed by atoms with Crippen LogP contribution in [-0.4, -0.2) is 24.1 Å². The zero-order chi connectivity index (χ0) is 17.7. The van der Waals surface area contributed by atoms with Gasteiger partial charge in [-0.1, -0.05) is 6.08 Å². The Kier molecular flexibility index (Phi) is 3.49. The van der Waals surface area contributed by atoms with Gasteiger partial charge < -0.3 is 0 Å². The van der Waals surface area contributed by atoms with Crippen LogP contribution < -0.4 is 5.69 Å². The smallest absolute Gasteiger partial charge is 0.279 e. The molecule has 130 valence electrons. The van der Waals surface area contributed by atoms with Crippen molar-refractivity contribution in [3.63, 3.8) is 0 Å². The predicted octanol–water partition coefficient (Wildman–Crippen LogP) is 3.23. The summed E-state index contributed by atoms with van der Waals surface area (Å²) in [5.74, 6) is 0.554. The van der Waals surface area contributed by atoms with Crippen LogP contribution in [0.25, 0.3) is 27.3 Å². The first-order valence-electron chi connectivity index (χ1n) is 8.73. The van der Waals surface area contributed by atoms with Crippen LogP contribution in [0.15, 0.2) is 42.0 Å². The van der Waals surface area contributed by atoms with Crippen LogP contribution in [0.1, 0.15) is 23.3 Å². The highest BCUT2D eigenvalue weighted by Crippen LogP contribution is 2.37. The molecule has 0 bridgehead atoms. The van der Waals surface area contributed by atoms with E-state index in [4.69, 9.17) is 4.98 Å². The maximum Gasteiger partial charge on any atom is 0.352 e. The van der Waals surface area contributed by atoms with Crippen molar-refractivity contribution in [1.82, 2.24) is 24.1 Å². The summed E-state index contributed by atoms with van der Waals surface area (Å²) >= 11 is 1.72. The summed E-state index contributed by atoms with van der Waals surface area (Å²) in [5, 5.41) is 5.60. The summed E-state index contributed by atoms with van der Waals surface area (Å²) in [6.07, 6.45) is 9.67. The molecule has 4 heterocycles. The number of nitrogens with zero attached hydrogens (tertiary/aromatic N) is 5. The van der Waals surface area contributed by atoms with E-state index in [2.05, 4.69) is 16.7 Å². The molecular weight excluding hydrogens is 346 g/mol. The maximum atomic E-state index is 13.1. The van der Waals surface area contributed by atoms with Gasteiger partial charge in [-0.2, -0.15) is 4.52 Å².